The minimum Gasteiger partial charge on any atom is -0.476 e. The molecule has 0 radical (unpaired) electrons. The maximum Gasteiger partial charge on any atom is 0.213 e. The lowest BCUT2D eigenvalue weighted by Crippen LogP contribution is -2.25. The Balaban J connectivity index is 1.76. The summed E-state index contributed by atoms with van der Waals surface area (Å²) in [5.41, 5.74) is 0.622. The minimum atomic E-state index is 0.0288. The molecule has 92 valence electrons. The third-order valence-corrected chi connectivity index (χ3v) is 3.00. The predicted molar refractivity (Wildman–Crippen MR) is 65.4 cm³/mol. The Kier molecular flexibility index (Phi) is 4.09. The van der Waals surface area contributed by atoms with Crippen molar-refractivity contribution in [3.05, 3.63) is 23.9 Å². The lowest BCUT2D eigenvalue weighted by Gasteiger charge is -2.14. The topological polar surface area (TPSA) is 42.4 Å². The van der Waals surface area contributed by atoms with Crippen LogP contribution in [0.4, 0.5) is 0 Å². The molecular weight excluding hydrogens is 216 g/mol. The Morgan fingerprint density at radius 3 is 2.76 bits per heavy atom. The Morgan fingerprint density at radius 1 is 1.41 bits per heavy atom. The van der Waals surface area contributed by atoms with Crippen LogP contribution in [0.2, 0.25) is 0 Å². The van der Waals surface area contributed by atoms with Crippen molar-refractivity contribution in [2.24, 2.45) is 0 Å². The van der Waals surface area contributed by atoms with Gasteiger partial charge in [-0.3, -0.25) is 9.69 Å². The van der Waals surface area contributed by atoms with Gasteiger partial charge in [0.1, 0.15) is 6.61 Å². The van der Waals surface area contributed by atoms with Crippen LogP contribution in [-0.2, 0) is 0 Å². The van der Waals surface area contributed by atoms with E-state index >= 15 is 0 Å². The molecule has 1 aromatic heterocycles. The number of carbonyl (C=O) groups is 1. The third kappa shape index (κ3) is 3.53. The van der Waals surface area contributed by atoms with Crippen LogP contribution in [0.3, 0.4) is 0 Å². The second kappa shape index (κ2) is 5.77. The number of hydrogen-bond acceptors (Lipinski definition) is 4. The van der Waals surface area contributed by atoms with Crippen LogP contribution in [-0.4, -0.2) is 41.9 Å². The van der Waals surface area contributed by atoms with Crippen LogP contribution in [0.25, 0.3) is 0 Å². The van der Waals surface area contributed by atoms with E-state index < -0.39 is 0 Å². The summed E-state index contributed by atoms with van der Waals surface area (Å²) in [5, 5.41) is 0. The number of hydrogen-bond donors (Lipinski definition) is 0. The van der Waals surface area contributed by atoms with Crippen LogP contribution in [0.1, 0.15) is 30.1 Å². The van der Waals surface area contributed by atoms with Crippen LogP contribution in [0, 0.1) is 0 Å². The molecule has 0 saturated carbocycles. The van der Waals surface area contributed by atoms with E-state index in [2.05, 4.69) is 9.88 Å². The van der Waals surface area contributed by atoms with Gasteiger partial charge in [-0.15, -0.1) is 0 Å². The van der Waals surface area contributed by atoms with Gasteiger partial charge in [0, 0.05) is 24.4 Å². The molecule has 0 atom stereocenters. The number of rotatable bonds is 5. The normalized spacial score (nSPS) is 16.1. The van der Waals surface area contributed by atoms with Gasteiger partial charge in [0.2, 0.25) is 5.88 Å². The fourth-order valence-electron chi connectivity index (χ4n) is 1.96. The second-order valence-corrected chi connectivity index (χ2v) is 4.34. The number of likely N-dealkylation sites (tertiary alicyclic amines) is 1. The zero-order chi connectivity index (χ0) is 12.1. The van der Waals surface area contributed by atoms with Crippen LogP contribution >= 0.6 is 0 Å². The van der Waals surface area contributed by atoms with Gasteiger partial charge in [0.25, 0.3) is 0 Å². The first-order chi connectivity index (χ1) is 8.25. The smallest absolute Gasteiger partial charge is 0.213 e. The first-order valence-electron chi connectivity index (χ1n) is 6.08. The van der Waals surface area contributed by atoms with E-state index in [-0.39, 0.29) is 5.78 Å². The molecule has 0 amide bonds. The fourth-order valence-corrected chi connectivity index (χ4v) is 1.96. The van der Waals surface area contributed by atoms with E-state index in [1.165, 1.54) is 32.9 Å². The number of ketones is 1. The maximum absolute atomic E-state index is 11.1. The summed E-state index contributed by atoms with van der Waals surface area (Å²) in [4.78, 5) is 17.6. The number of ether oxygens (including phenoxy) is 1. The van der Waals surface area contributed by atoms with Crippen molar-refractivity contribution in [3.63, 3.8) is 0 Å². The number of nitrogens with zero attached hydrogens (tertiary/aromatic N) is 2. The van der Waals surface area contributed by atoms with Crippen molar-refractivity contribution >= 4 is 5.78 Å². The van der Waals surface area contributed by atoms with Gasteiger partial charge in [-0.05, 0) is 38.9 Å². The van der Waals surface area contributed by atoms with E-state index in [4.69, 9.17) is 4.74 Å². The summed E-state index contributed by atoms with van der Waals surface area (Å²) in [6.07, 6.45) is 4.16. The summed E-state index contributed by atoms with van der Waals surface area (Å²) < 4.78 is 5.54. The van der Waals surface area contributed by atoms with E-state index in [1.807, 2.05) is 0 Å². The maximum atomic E-state index is 11.1. The average molecular weight is 234 g/mol. The Morgan fingerprint density at radius 2 is 2.18 bits per heavy atom. The highest BCUT2D eigenvalue weighted by Gasteiger charge is 2.10. The van der Waals surface area contributed by atoms with Gasteiger partial charge in [-0.1, -0.05) is 0 Å². The molecule has 4 nitrogen and oxygen atoms in total. The zero-order valence-corrected chi connectivity index (χ0v) is 10.2. The Hall–Kier alpha value is -1.42. The summed E-state index contributed by atoms with van der Waals surface area (Å²) in [6, 6.07) is 3.50. The molecule has 17 heavy (non-hydrogen) atoms. The van der Waals surface area contributed by atoms with Gasteiger partial charge >= 0.3 is 0 Å². The van der Waals surface area contributed by atoms with Gasteiger partial charge in [-0.2, -0.15) is 0 Å². The molecule has 1 aliphatic rings. The molecule has 1 aromatic rings. The predicted octanol–water partition coefficient (Wildman–Crippen LogP) is 1.76. The first kappa shape index (κ1) is 12.0. The Bertz CT molecular complexity index is 370. The highest BCUT2D eigenvalue weighted by Crippen LogP contribution is 2.09. The van der Waals surface area contributed by atoms with Crippen LogP contribution in [0.15, 0.2) is 18.3 Å². The Labute approximate surface area is 102 Å². The minimum absolute atomic E-state index is 0.0288. The van der Waals surface area contributed by atoms with Crippen molar-refractivity contribution in [2.45, 2.75) is 19.8 Å². The van der Waals surface area contributed by atoms with Gasteiger partial charge < -0.3 is 4.74 Å². The van der Waals surface area contributed by atoms with Crippen LogP contribution < -0.4 is 4.74 Å². The molecule has 0 spiro atoms. The van der Waals surface area contributed by atoms with E-state index in [9.17, 15) is 4.79 Å². The van der Waals surface area contributed by atoms with Gasteiger partial charge in [-0.25, -0.2) is 4.98 Å². The fraction of sp³-hybridized carbons (Fsp3) is 0.538. The number of carbonyl (C=O) groups excluding carboxylic acids is 1. The molecule has 1 fully saturated rings. The lowest BCUT2D eigenvalue weighted by molar-refractivity contribution is 0.101. The van der Waals surface area contributed by atoms with Crippen molar-refractivity contribution in [2.75, 3.05) is 26.2 Å². The van der Waals surface area contributed by atoms with Crippen molar-refractivity contribution < 1.29 is 9.53 Å². The summed E-state index contributed by atoms with van der Waals surface area (Å²) in [6.45, 7) is 5.51. The molecule has 2 heterocycles. The summed E-state index contributed by atoms with van der Waals surface area (Å²) in [7, 11) is 0. The van der Waals surface area contributed by atoms with E-state index in [0.29, 0.717) is 18.1 Å². The van der Waals surface area contributed by atoms with E-state index in [1.54, 1.807) is 18.3 Å². The molecule has 0 N–H and O–H groups in total. The van der Waals surface area contributed by atoms with Gasteiger partial charge in [0.15, 0.2) is 5.78 Å². The highest BCUT2D eigenvalue weighted by molar-refractivity contribution is 5.93. The summed E-state index contributed by atoms with van der Waals surface area (Å²) in [5.74, 6) is 0.621. The quantitative estimate of drug-likeness (QED) is 0.728. The molecule has 1 aliphatic heterocycles. The third-order valence-electron chi connectivity index (χ3n) is 3.00. The van der Waals surface area contributed by atoms with Gasteiger partial charge in [0.05, 0.1) is 0 Å². The highest BCUT2D eigenvalue weighted by atomic mass is 16.5. The first-order valence-corrected chi connectivity index (χ1v) is 6.08. The second-order valence-electron chi connectivity index (χ2n) is 4.34. The molecule has 1 saturated heterocycles. The molecule has 0 bridgehead atoms. The average Bonchev–Trinajstić information content (AvgIpc) is 2.83. The lowest BCUT2D eigenvalue weighted by atomic mass is 10.2. The van der Waals surface area contributed by atoms with Crippen molar-refractivity contribution in [1.82, 2.24) is 9.88 Å². The largest absolute Gasteiger partial charge is 0.476 e. The molecular formula is C13H18N2O2. The standard InChI is InChI=1S/C13H18N2O2/c1-11(16)12-4-5-13(14-10-12)17-9-8-15-6-2-3-7-15/h4-5,10H,2-3,6-9H2,1H3. The molecule has 0 aliphatic carbocycles. The number of aromatic nitrogens is 1. The number of pyridine rings is 1. The van der Waals surface area contributed by atoms with Crippen LogP contribution in [0.5, 0.6) is 5.88 Å². The zero-order valence-electron chi connectivity index (χ0n) is 10.2. The van der Waals surface area contributed by atoms with Crippen molar-refractivity contribution in [1.29, 1.82) is 0 Å². The molecule has 0 unspecified atom stereocenters. The SMILES string of the molecule is CC(=O)c1ccc(OCCN2CCCC2)nc1. The molecule has 0 aromatic carbocycles. The van der Waals surface area contributed by atoms with E-state index in [0.717, 1.165) is 6.54 Å². The summed E-state index contributed by atoms with van der Waals surface area (Å²) >= 11 is 0. The molecule has 2 rings (SSSR count). The molecule has 4 heteroatoms. The monoisotopic (exact) mass is 234 g/mol. The van der Waals surface area contributed by atoms with Crippen molar-refractivity contribution in [3.8, 4) is 5.88 Å². The number of Topliss-reactive ketones (excluding diaryl/α,β-unsaturated/α-hetero) is 1.